The highest BCUT2D eigenvalue weighted by molar-refractivity contribution is 9.10. The second kappa shape index (κ2) is 8.31. The maximum absolute atomic E-state index is 12.8. The van der Waals surface area contributed by atoms with Crippen LogP contribution >= 0.6 is 27.7 Å². The average Bonchev–Trinajstić information content (AvgIpc) is 2.65. The number of amidine groups is 1. The first-order valence-electron chi connectivity index (χ1n) is 8.33. The number of benzene rings is 1. The predicted molar refractivity (Wildman–Crippen MR) is 109 cm³/mol. The second-order valence-electron chi connectivity index (χ2n) is 5.93. The van der Waals surface area contributed by atoms with Gasteiger partial charge in [-0.25, -0.2) is 9.79 Å². The van der Waals surface area contributed by atoms with Gasteiger partial charge in [-0.15, -0.1) is 0 Å². The van der Waals surface area contributed by atoms with Crippen molar-refractivity contribution in [1.82, 2.24) is 4.90 Å². The summed E-state index contributed by atoms with van der Waals surface area (Å²) < 4.78 is 11.6. The summed E-state index contributed by atoms with van der Waals surface area (Å²) in [6, 6.07) is 4.84. The predicted octanol–water partition coefficient (Wildman–Crippen LogP) is 3.84. The highest BCUT2D eigenvalue weighted by atomic mass is 79.9. The Morgan fingerprint density at radius 1 is 1.52 bits per heavy atom. The molecule has 1 aromatic carbocycles. The minimum atomic E-state index is -0.664. The first-order chi connectivity index (χ1) is 13.0. The van der Waals surface area contributed by atoms with E-state index < -0.39 is 12.0 Å². The molecule has 0 aromatic heterocycles. The van der Waals surface area contributed by atoms with E-state index in [-0.39, 0.29) is 12.5 Å². The normalized spacial score (nSPS) is 19.4. The van der Waals surface area contributed by atoms with Crippen LogP contribution in [-0.2, 0) is 14.3 Å². The Balaban J connectivity index is 2.20. The van der Waals surface area contributed by atoms with Crippen LogP contribution in [0.5, 0.6) is 5.75 Å². The van der Waals surface area contributed by atoms with Gasteiger partial charge in [0.1, 0.15) is 18.4 Å². The molecule has 1 aromatic rings. The number of fused-ring (bicyclic) bond motifs is 1. The summed E-state index contributed by atoms with van der Waals surface area (Å²) in [5.74, 6) is 0.640. The molecular formula is C19H19BrN2O4S. The second-order valence-corrected chi connectivity index (χ2v) is 7.91. The van der Waals surface area contributed by atoms with E-state index in [0.717, 1.165) is 4.47 Å². The van der Waals surface area contributed by atoms with Crippen LogP contribution in [0.15, 0.2) is 51.6 Å². The van der Waals surface area contributed by atoms with Gasteiger partial charge in [-0.05, 0) is 25.1 Å². The van der Waals surface area contributed by atoms with Crippen LogP contribution in [0.1, 0.15) is 24.9 Å². The van der Waals surface area contributed by atoms with E-state index in [1.165, 1.54) is 17.8 Å². The number of thioether (sulfide) groups is 1. The van der Waals surface area contributed by atoms with Crippen LogP contribution < -0.4 is 4.74 Å². The molecular weight excluding hydrogens is 432 g/mol. The minimum Gasteiger partial charge on any atom is -0.496 e. The lowest BCUT2D eigenvalue weighted by Gasteiger charge is -2.39. The van der Waals surface area contributed by atoms with Gasteiger partial charge in [0, 0.05) is 22.2 Å². The third kappa shape index (κ3) is 3.82. The molecule has 1 atom stereocenters. The quantitative estimate of drug-likeness (QED) is 0.503. The monoisotopic (exact) mass is 450 g/mol. The molecule has 2 aliphatic rings. The van der Waals surface area contributed by atoms with Crippen molar-refractivity contribution >= 4 is 44.7 Å². The van der Waals surface area contributed by atoms with Gasteiger partial charge in [0.05, 0.1) is 18.4 Å². The van der Waals surface area contributed by atoms with Crippen molar-refractivity contribution in [1.29, 1.82) is 0 Å². The summed E-state index contributed by atoms with van der Waals surface area (Å²) in [6.45, 7) is 5.41. The Morgan fingerprint density at radius 2 is 2.30 bits per heavy atom. The molecule has 0 aliphatic carbocycles. The lowest BCUT2D eigenvalue weighted by molar-refractivity contribution is -0.139. The van der Waals surface area contributed by atoms with E-state index in [9.17, 15) is 9.59 Å². The fraction of sp³-hybridized carbons (Fsp3) is 0.316. The zero-order valence-electron chi connectivity index (χ0n) is 15.0. The molecule has 0 saturated carbocycles. The van der Waals surface area contributed by atoms with Gasteiger partial charge in [0.25, 0.3) is 0 Å². The summed E-state index contributed by atoms with van der Waals surface area (Å²) in [6.07, 6.45) is 1.88. The molecule has 1 amide bonds. The van der Waals surface area contributed by atoms with Crippen LogP contribution in [0.25, 0.3) is 0 Å². The minimum absolute atomic E-state index is 0.0806. The Bertz CT molecular complexity index is 865. The van der Waals surface area contributed by atoms with Gasteiger partial charge in [0.15, 0.2) is 5.17 Å². The topological polar surface area (TPSA) is 68.2 Å². The van der Waals surface area contributed by atoms with Crippen molar-refractivity contribution in [3.63, 3.8) is 0 Å². The Morgan fingerprint density at radius 3 is 3.00 bits per heavy atom. The van der Waals surface area contributed by atoms with Crippen molar-refractivity contribution in [2.45, 2.75) is 19.4 Å². The molecule has 6 nitrogen and oxygen atoms in total. The molecule has 0 N–H and O–H groups in total. The zero-order chi connectivity index (χ0) is 19.6. The Labute approximate surface area is 170 Å². The summed E-state index contributed by atoms with van der Waals surface area (Å²) in [5, 5.41) is 0.594. The van der Waals surface area contributed by atoms with E-state index >= 15 is 0 Å². The summed E-state index contributed by atoms with van der Waals surface area (Å²) in [7, 11) is 1.56. The number of ether oxygens (including phenoxy) is 2. The number of nitrogens with zero attached hydrogens (tertiary/aromatic N) is 2. The van der Waals surface area contributed by atoms with E-state index in [1.54, 1.807) is 25.0 Å². The van der Waals surface area contributed by atoms with Crippen molar-refractivity contribution in [2.75, 3.05) is 19.5 Å². The summed E-state index contributed by atoms with van der Waals surface area (Å²) >= 11 is 4.97. The molecule has 142 valence electrons. The highest BCUT2D eigenvalue weighted by Crippen LogP contribution is 2.43. The lowest BCUT2D eigenvalue weighted by atomic mass is 9.93. The van der Waals surface area contributed by atoms with Gasteiger partial charge >= 0.3 is 5.97 Å². The number of carbonyl (C=O) groups excluding carboxylic acids is 2. The van der Waals surface area contributed by atoms with Gasteiger partial charge in [0.2, 0.25) is 5.91 Å². The molecule has 0 spiro atoms. The molecule has 2 heterocycles. The molecule has 8 heteroatoms. The van der Waals surface area contributed by atoms with Crippen molar-refractivity contribution in [3.05, 3.63) is 52.2 Å². The SMILES string of the molecule is C=CCOC(=O)C1=C(C)N=C2SCCC(=O)N2[C@H]1c1cc(Br)ccc1OC. The maximum atomic E-state index is 12.8. The fourth-order valence-corrected chi connectivity index (χ4v) is 4.47. The third-order valence-electron chi connectivity index (χ3n) is 4.25. The number of hydrogen-bond donors (Lipinski definition) is 0. The standard InChI is InChI=1S/C19H19BrN2O4S/c1-4-8-26-18(24)16-11(2)21-19-22(15(23)7-9-27-19)17(16)13-10-12(20)5-6-14(13)25-3/h4-6,10,17H,1,7-9H2,2-3H3/t17-/m0/s1. The van der Waals surface area contributed by atoms with E-state index in [2.05, 4.69) is 27.5 Å². The van der Waals surface area contributed by atoms with Crippen LogP contribution in [-0.4, -0.2) is 41.4 Å². The molecule has 1 saturated heterocycles. The zero-order valence-corrected chi connectivity index (χ0v) is 17.4. The van der Waals surface area contributed by atoms with E-state index in [4.69, 9.17) is 9.47 Å². The molecule has 27 heavy (non-hydrogen) atoms. The van der Waals surface area contributed by atoms with Crippen LogP contribution in [0, 0.1) is 0 Å². The molecule has 0 bridgehead atoms. The number of aliphatic imine (C=N–C) groups is 1. The Kier molecular flexibility index (Phi) is 6.06. The number of amides is 1. The van der Waals surface area contributed by atoms with Gasteiger partial charge in [-0.3, -0.25) is 9.69 Å². The summed E-state index contributed by atoms with van der Waals surface area (Å²) in [4.78, 5) is 31.7. The number of carbonyl (C=O) groups is 2. The molecule has 2 aliphatic heterocycles. The number of halogens is 1. The largest absolute Gasteiger partial charge is 0.496 e. The molecule has 1 fully saturated rings. The van der Waals surface area contributed by atoms with Crippen LogP contribution in [0.3, 0.4) is 0 Å². The van der Waals surface area contributed by atoms with Gasteiger partial charge in [-0.2, -0.15) is 0 Å². The molecule has 0 radical (unpaired) electrons. The number of hydrogen-bond acceptors (Lipinski definition) is 6. The number of rotatable bonds is 5. The van der Waals surface area contributed by atoms with Crippen molar-refractivity contribution in [3.8, 4) is 5.75 Å². The summed E-state index contributed by atoms with van der Waals surface area (Å²) in [5.41, 5.74) is 1.55. The molecule has 3 rings (SSSR count). The lowest BCUT2D eigenvalue weighted by Crippen LogP contribution is -2.46. The first kappa shape index (κ1) is 19.7. The maximum Gasteiger partial charge on any atom is 0.338 e. The number of methoxy groups -OCH3 is 1. The number of allylic oxidation sites excluding steroid dienone is 1. The smallest absolute Gasteiger partial charge is 0.338 e. The van der Waals surface area contributed by atoms with Gasteiger partial charge < -0.3 is 9.47 Å². The first-order valence-corrected chi connectivity index (χ1v) is 10.1. The van der Waals surface area contributed by atoms with E-state index in [0.29, 0.717) is 39.9 Å². The van der Waals surface area contributed by atoms with Gasteiger partial charge in [-0.1, -0.05) is 40.3 Å². The molecule has 0 unspecified atom stereocenters. The fourth-order valence-electron chi connectivity index (χ4n) is 3.08. The van der Waals surface area contributed by atoms with Crippen LogP contribution in [0.2, 0.25) is 0 Å². The van der Waals surface area contributed by atoms with Crippen LogP contribution in [0.4, 0.5) is 0 Å². The number of esters is 1. The Hall–Kier alpha value is -2.06. The average molecular weight is 451 g/mol. The van der Waals surface area contributed by atoms with E-state index in [1.807, 2.05) is 12.1 Å². The highest BCUT2D eigenvalue weighted by Gasteiger charge is 2.42. The van der Waals surface area contributed by atoms with Crippen molar-refractivity contribution < 1.29 is 19.1 Å². The third-order valence-corrected chi connectivity index (χ3v) is 5.69. The van der Waals surface area contributed by atoms with Crippen molar-refractivity contribution in [2.24, 2.45) is 4.99 Å².